The quantitative estimate of drug-likeness (QED) is 0.118. The summed E-state index contributed by atoms with van der Waals surface area (Å²) in [5, 5.41) is 5.87. The number of rotatable bonds is 25. The van der Waals surface area contributed by atoms with Crippen molar-refractivity contribution in [2.45, 2.75) is 136 Å². The fourth-order valence-corrected chi connectivity index (χ4v) is 5.04. The number of amides is 2. The molecule has 0 heterocycles. The fourth-order valence-electron chi connectivity index (χ4n) is 5.04. The van der Waals surface area contributed by atoms with Crippen molar-refractivity contribution in [3.05, 3.63) is 29.3 Å². The Hall–Kier alpha value is -2.08. The van der Waals surface area contributed by atoms with Gasteiger partial charge in [-0.3, -0.25) is 4.79 Å². The van der Waals surface area contributed by atoms with Crippen molar-refractivity contribution in [2.75, 3.05) is 33.7 Å². The minimum Gasteiger partial charge on any atom is -0.410 e. The van der Waals surface area contributed by atoms with E-state index in [0.717, 1.165) is 36.9 Å². The van der Waals surface area contributed by atoms with Crippen LogP contribution in [-0.4, -0.2) is 50.6 Å². The summed E-state index contributed by atoms with van der Waals surface area (Å²) in [4.78, 5) is 26.7. The minimum atomic E-state index is -0.416. The molecule has 0 aliphatic carbocycles. The second kappa shape index (κ2) is 24.7. The Morgan fingerprint density at radius 3 is 1.80 bits per heavy atom. The van der Waals surface area contributed by atoms with Crippen molar-refractivity contribution >= 4 is 12.0 Å². The Morgan fingerprint density at radius 2 is 1.25 bits per heavy atom. The van der Waals surface area contributed by atoms with Gasteiger partial charge in [-0.15, -0.1) is 0 Å². The number of aryl methyl sites for hydroxylation is 1. The maximum atomic E-state index is 12.4. The largest absolute Gasteiger partial charge is 0.412 e. The highest BCUT2D eigenvalue weighted by atomic mass is 16.6. The molecule has 40 heavy (non-hydrogen) atoms. The van der Waals surface area contributed by atoms with Crippen molar-refractivity contribution in [1.29, 1.82) is 0 Å². The molecule has 0 aliphatic heterocycles. The molecule has 6 heteroatoms. The van der Waals surface area contributed by atoms with E-state index in [1.165, 1.54) is 89.9 Å². The summed E-state index contributed by atoms with van der Waals surface area (Å²) in [5.74, 6) is 0.575. The molecule has 6 nitrogen and oxygen atoms in total. The van der Waals surface area contributed by atoms with Crippen LogP contribution in [0.2, 0.25) is 0 Å². The number of hydrogen-bond acceptors (Lipinski definition) is 4. The van der Waals surface area contributed by atoms with E-state index in [1.807, 2.05) is 39.2 Å². The standard InChI is InChI=1S/C34H61N3O3/c1-5-6-7-8-9-10-11-12-13-14-15-16-17-18-19-20-27-36-34(39)40-32-24-21-23-30(2)31(32)25-26-33(38)35-28-22-29-37(3)4/h21,23-24H,5-20,22,25-29H2,1-4H3,(H,35,38)(H,36,39). The van der Waals surface area contributed by atoms with E-state index < -0.39 is 6.09 Å². The summed E-state index contributed by atoms with van der Waals surface area (Å²) in [5.41, 5.74) is 1.95. The predicted molar refractivity (Wildman–Crippen MR) is 169 cm³/mol. The highest BCUT2D eigenvalue weighted by Crippen LogP contribution is 2.24. The Morgan fingerprint density at radius 1 is 0.725 bits per heavy atom. The first-order valence-electron chi connectivity index (χ1n) is 16.4. The second-order valence-corrected chi connectivity index (χ2v) is 11.7. The monoisotopic (exact) mass is 559 g/mol. The third-order valence-corrected chi connectivity index (χ3v) is 7.58. The molecule has 0 atom stereocenters. The Kier molecular flexibility index (Phi) is 22.2. The van der Waals surface area contributed by atoms with Crippen molar-refractivity contribution in [3.8, 4) is 5.75 Å². The van der Waals surface area contributed by atoms with Gasteiger partial charge in [0.1, 0.15) is 5.75 Å². The lowest BCUT2D eigenvalue weighted by molar-refractivity contribution is -0.121. The van der Waals surface area contributed by atoms with Crippen LogP contribution in [0.15, 0.2) is 18.2 Å². The molecule has 0 aliphatic rings. The number of nitrogens with zero attached hydrogens (tertiary/aromatic N) is 1. The number of unbranched alkanes of at least 4 members (excludes halogenated alkanes) is 15. The van der Waals surface area contributed by atoms with Gasteiger partial charge in [0.05, 0.1) is 0 Å². The zero-order valence-corrected chi connectivity index (χ0v) is 26.5. The van der Waals surface area contributed by atoms with Crippen molar-refractivity contribution in [2.24, 2.45) is 0 Å². The summed E-state index contributed by atoms with van der Waals surface area (Å²) in [6.45, 7) is 6.53. The van der Waals surface area contributed by atoms with Gasteiger partial charge in [-0.2, -0.15) is 0 Å². The normalized spacial score (nSPS) is 11.1. The highest BCUT2D eigenvalue weighted by molar-refractivity contribution is 5.76. The number of hydrogen-bond donors (Lipinski definition) is 2. The Bertz CT molecular complexity index is 782. The Labute approximate surface area is 246 Å². The lowest BCUT2D eigenvalue weighted by atomic mass is 10.0. The van der Waals surface area contributed by atoms with Crippen LogP contribution >= 0.6 is 0 Å². The highest BCUT2D eigenvalue weighted by Gasteiger charge is 2.13. The smallest absolute Gasteiger partial charge is 0.410 e. The molecule has 0 saturated carbocycles. The Balaban J connectivity index is 2.09. The molecule has 0 radical (unpaired) electrons. The molecule has 0 unspecified atom stereocenters. The molecule has 0 saturated heterocycles. The zero-order chi connectivity index (χ0) is 29.3. The lowest BCUT2D eigenvalue weighted by Gasteiger charge is -2.14. The van der Waals surface area contributed by atoms with Crippen LogP contribution in [0.1, 0.15) is 134 Å². The van der Waals surface area contributed by atoms with Gasteiger partial charge in [0.2, 0.25) is 5.91 Å². The van der Waals surface area contributed by atoms with E-state index in [-0.39, 0.29) is 5.91 Å². The van der Waals surface area contributed by atoms with Gasteiger partial charge >= 0.3 is 6.09 Å². The zero-order valence-electron chi connectivity index (χ0n) is 26.5. The fraction of sp³-hybridized carbons (Fsp3) is 0.765. The third kappa shape index (κ3) is 19.9. The summed E-state index contributed by atoms with van der Waals surface area (Å²) in [6, 6.07) is 5.69. The minimum absolute atomic E-state index is 0.0286. The predicted octanol–water partition coefficient (Wildman–Crippen LogP) is 8.35. The first kappa shape index (κ1) is 35.9. The number of carbonyl (C=O) groups excluding carboxylic acids is 2. The van der Waals surface area contributed by atoms with E-state index in [1.54, 1.807) is 0 Å². The third-order valence-electron chi connectivity index (χ3n) is 7.58. The summed E-state index contributed by atoms with van der Waals surface area (Å²) < 4.78 is 5.63. The van der Waals surface area contributed by atoms with E-state index >= 15 is 0 Å². The van der Waals surface area contributed by atoms with E-state index in [9.17, 15) is 9.59 Å². The summed E-state index contributed by atoms with van der Waals surface area (Å²) in [6.07, 6.45) is 22.8. The number of carbonyl (C=O) groups is 2. The number of nitrogens with one attached hydrogen (secondary N) is 2. The van der Waals surface area contributed by atoms with Crippen molar-refractivity contribution < 1.29 is 14.3 Å². The van der Waals surface area contributed by atoms with Crippen molar-refractivity contribution in [3.63, 3.8) is 0 Å². The average molecular weight is 560 g/mol. The van der Waals surface area contributed by atoms with Crippen LogP contribution in [-0.2, 0) is 11.2 Å². The molecular formula is C34H61N3O3. The topological polar surface area (TPSA) is 70.7 Å². The summed E-state index contributed by atoms with van der Waals surface area (Å²) >= 11 is 0. The van der Waals surface area contributed by atoms with Gasteiger partial charge in [0, 0.05) is 19.5 Å². The van der Waals surface area contributed by atoms with Gasteiger partial charge in [-0.25, -0.2) is 4.79 Å². The van der Waals surface area contributed by atoms with Crippen LogP contribution in [0.3, 0.4) is 0 Å². The van der Waals surface area contributed by atoms with Crippen LogP contribution in [0.5, 0.6) is 5.75 Å². The van der Waals surface area contributed by atoms with E-state index in [4.69, 9.17) is 4.74 Å². The average Bonchev–Trinajstić information content (AvgIpc) is 2.92. The van der Waals surface area contributed by atoms with Crippen LogP contribution in [0, 0.1) is 6.92 Å². The lowest BCUT2D eigenvalue weighted by Crippen LogP contribution is -2.28. The molecule has 0 aromatic heterocycles. The first-order chi connectivity index (χ1) is 19.4. The molecule has 1 rings (SSSR count). The number of ether oxygens (including phenoxy) is 1. The van der Waals surface area contributed by atoms with Crippen LogP contribution < -0.4 is 15.4 Å². The molecule has 1 aromatic carbocycles. The molecular weight excluding hydrogens is 498 g/mol. The van der Waals surface area contributed by atoms with Crippen LogP contribution in [0.25, 0.3) is 0 Å². The number of benzene rings is 1. The van der Waals surface area contributed by atoms with Gasteiger partial charge in [0.15, 0.2) is 0 Å². The van der Waals surface area contributed by atoms with E-state index in [2.05, 4.69) is 22.5 Å². The van der Waals surface area contributed by atoms with Gasteiger partial charge in [0.25, 0.3) is 0 Å². The molecule has 0 spiro atoms. The summed E-state index contributed by atoms with van der Waals surface area (Å²) in [7, 11) is 4.05. The SMILES string of the molecule is CCCCCCCCCCCCCCCCCCNC(=O)Oc1cccc(C)c1CCC(=O)NCCCN(C)C. The first-order valence-corrected chi connectivity index (χ1v) is 16.4. The van der Waals surface area contributed by atoms with E-state index in [0.29, 0.717) is 31.7 Å². The molecule has 230 valence electrons. The molecule has 0 fully saturated rings. The molecule has 1 aromatic rings. The maximum absolute atomic E-state index is 12.4. The van der Waals surface area contributed by atoms with Gasteiger partial charge in [-0.1, -0.05) is 115 Å². The van der Waals surface area contributed by atoms with Gasteiger partial charge < -0.3 is 20.3 Å². The van der Waals surface area contributed by atoms with Gasteiger partial charge in [-0.05, 0) is 64.0 Å². The molecule has 0 bridgehead atoms. The maximum Gasteiger partial charge on any atom is 0.412 e. The van der Waals surface area contributed by atoms with Crippen molar-refractivity contribution in [1.82, 2.24) is 15.5 Å². The second-order valence-electron chi connectivity index (χ2n) is 11.7. The molecule has 2 amide bonds. The molecule has 2 N–H and O–H groups in total. The van der Waals surface area contributed by atoms with Crippen LogP contribution in [0.4, 0.5) is 4.79 Å².